The Bertz CT molecular complexity index is 534. The molecule has 1 aromatic carbocycles. The highest BCUT2D eigenvalue weighted by atomic mass is 35.5. The number of hydrogen-bond acceptors (Lipinski definition) is 4. The van der Waals surface area contributed by atoms with Crippen molar-refractivity contribution in [2.24, 2.45) is 0 Å². The summed E-state index contributed by atoms with van der Waals surface area (Å²) in [4.78, 5) is 22.3. The molecule has 1 aromatic rings. The van der Waals surface area contributed by atoms with Crippen LogP contribution in [0.1, 0.15) is 12.5 Å². The van der Waals surface area contributed by atoms with Crippen molar-refractivity contribution in [3.63, 3.8) is 0 Å². The predicted octanol–water partition coefficient (Wildman–Crippen LogP) is 3.47. The number of hydrogen-bond donors (Lipinski definition) is 1. The zero-order valence-corrected chi connectivity index (χ0v) is 11.5. The third-order valence-electron chi connectivity index (χ3n) is 2.16. The molecule has 1 amide bonds. The maximum Gasteiger partial charge on any atom is 0.416 e. The van der Waals surface area contributed by atoms with E-state index in [1.807, 2.05) is 5.32 Å². The number of esters is 1. The summed E-state index contributed by atoms with van der Waals surface area (Å²) in [6.45, 7) is 1.03. The van der Waals surface area contributed by atoms with Crippen LogP contribution in [0.5, 0.6) is 0 Å². The Balaban J connectivity index is 2.69. The molecule has 0 aliphatic heterocycles. The smallest absolute Gasteiger partial charge is 0.416 e. The lowest BCUT2D eigenvalue weighted by Gasteiger charge is -2.11. The van der Waals surface area contributed by atoms with Crippen molar-refractivity contribution >= 4 is 29.4 Å². The van der Waals surface area contributed by atoms with Crippen molar-refractivity contribution in [3.05, 3.63) is 28.8 Å². The summed E-state index contributed by atoms with van der Waals surface area (Å²) >= 11 is 5.67. The number of benzene rings is 1. The van der Waals surface area contributed by atoms with Crippen molar-refractivity contribution in [1.29, 1.82) is 0 Å². The quantitative estimate of drug-likeness (QED) is 0.861. The average molecular weight is 326 g/mol. The van der Waals surface area contributed by atoms with Crippen LogP contribution in [0.4, 0.5) is 23.7 Å². The van der Waals surface area contributed by atoms with Gasteiger partial charge in [-0.15, -0.1) is 0 Å². The van der Waals surface area contributed by atoms with E-state index in [9.17, 15) is 22.8 Å². The monoisotopic (exact) mass is 325 g/mol. The van der Waals surface area contributed by atoms with Gasteiger partial charge in [-0.2, -0.15) is 13.2 Å². The minimum absolute atomic E-state index is 0.101. The normalized spacial score (nSPS) is 10.9. The molecular weight excluding hydrogens is 315 g/mol. The minimum atomic E-state index is -4.57. The summed E-state index contributed by atoms with van der Waals surface area (Å²) in [6, 6.07) is 2.43. The van der Waals surface area contributed by atoms with Crippen LogP contribution in [-0.2, 0) is 20.4 Å². The summed E-state index contributed by atoms with van der Waals surface area (Å²) in [5.41, 5.74) is -1.26. The Labute approximate surface area is 123 Å². The highest BCUT2D eigenvalue weighted by Gasteiger charge is 2.31. The van der Waals surface area contributed by atoms with Crippen LogP contribution in [0.25, 0.3) is 0 Å². The Morgan fingerprint density at radius 2 is 1.95 bits per heavy atom. The molecule has 0 atom stereocenters. The molecule has 1 rings (SSSR count). The number of nitrogens with one attached hydrogen (secondary N) is 1. The van der Waals surface area contributed by atoms with Gasteiger partial charge in [0, 0.05) is 0 Å². The SMILES string of the molecule is CCOC(=O)COC(=O)Nc1cc(C(F)(F)F)ccc1Cl. The predicted molar refractivity (Wildman–Crippen MR) is 68.1 cm³/mol. The lowest BCUT2D eigenvalue weighted by Crippen LogP contribution is -2.20. The molecule has 21 heavy (non-hydrogen) atoms. The molecule has 0 radical (unpaired) electrons. The van der Waals surface area contributed by atoms with Gasteiger partial charge in [-0.1, -0.05) is 11.6 Å². The molecule has 0 saturated heterocycles. The summed E-state index contributed by atoms with van der Waals surface area (Å²) in [7, 11) is 0. The minimum Gasteiger partial charge on any atom is -0.463 e. The van der Waals surface area contributed by atoms with Gasteiger partial charge < -0.3 is 9.47 Å². The van der Waals surface area contributed by atoms with E-state index in [0.29, 0.717) is 6.07 Å². The first-order valence-electron chi connectivity index (χ1n) is 5.70. The Morgan fingerprint density at radius 1 is 1.29 bits per heavy atom. The first kappa shape index (κ1) is 17.1. The van der Waals surface area contributed by atoms with Gasteiger partial charge in [-0.3, -0.25) is 5.32 Å². The third-order valence-corrected chi connectivity index (χ3v) is 2.49. The van der Waals surface area contributed by atoms with Crippen molar-refractivity contribution in [2.45, 2.75) is 13.1 Å². The molecule has 0 aliphatic rings. The fraction of sp³-hybridized carbons (Fsp3) is 0.333. The number of carbonyl (C=O) groups is 2. The van der Waals surface area contributed by atoms with Gasteiger partial charge in [0.05, 0.1) is 22.9 Å². The van der Waals surface area contributed by atoms with E-state index in [2.05, 4.69) is 9.47 Å². The van der Waals surface area contributed by atoms with Gasteiger partial charge in [0.25, 0.3) is 0 Å². The van der Waals surface area contributed by atoms with Crippen LogP contribution < -0.4 is 5.32 Å². The molecule has 0 heterocycles. The second-order valence-corrected chi connectivity index (χ2v) is 4.11. The van der Waals surface area contributed by atoms with Crippen molar-refractivity contribution in [1.82, 2.24) is 0 Å². The summed E-state index contributed by atoms with van der Waals surface area (Å²) in [6.07, 6.45) is -5.69. The largest absolute Gasteiger partial charge is 0.463 e. The maximum atomic E-state index is 12.5. The van der Waals surface area contributed by atoms with E-state index in [0.717, 1.165) is 12.1 Å². The standard InChI is InChI=1S/C12H11ClF3NO4/c1-2-20-10(18)6-21-11(19)17-9-5-7(12(14,15)16)3-4-8(9)13/h3-5H,2,6H2,1H3,(H,17,19). The lowest BCUT2D eigenvalue weighted by molar-refractivity contribution is -0.146. The Hall–Kier alpha value is -1.96. The number of anilines is 1. The summed E-state index contributed by atoms with van der Waals surface area (Å²) in [5, 5.41) is 1.92. The van der Waals surface area contributed by atoms with Gasteiger partial charge >= 0.3 is 18.2 Å². The maximum absolute atomic E-state index is 12.5. The molecule has 116 valence electrons. The van der Waals surface area contributed by atoms with E-state index < -0.39 is 30.4 Å². The first-order valence-corrected chi connectivity index (χ1v) is 6.08. The van der Waals surface area contributed by atoms with Crippen LogP contribution in [0.3, 0.4) is 0 Å². The topological polar surface area (TPSA) is 64.6 Å². The second-order valence-electron chi connectivity index (χ2n) is 3.70. The van der Waals surface area contributed by atoms with Crippen molar-refractivity contribution in [3.8, 4) is 0 Å². The van der Waals surface area contributed by atoms with E-state index in [1.54, 1.807) is 6.92 Å². The number of rotatable bonds is 4. The lowest BCUT2D eigenvalue weighted by atomic mass is 10.2. The molecule has 5 nitrogen and oxygen atoms in total. The van der Waals surface area contributed by atoms with E-state index in [-0.39, 0.29) is 17.3 Å². The first-order chi connectivity index (χ1) is 9.74. The molecule has 0 fully saturated rings. The van der Waals surface area contributed by atoms with Crippen LogP contribution in [0, 0.1) is 0 Å². The number of ether oxygens (including phenoxy) is 2. The van der Waals surface area contributed by atoms with Crippen molar-refractivity contribution in [2.75, 3.05) is 18.5 Å². The molecule has 1 N–H and O–H groups in total. The molecule has 0 unspecified atom stereocenters. The molecule has 0 spiro atoms. The van der Waals surface area contributed by atoms with Gasteiger partial charge in [0.15, 0.2) is 6.61 Å². The number of carbonyl (C=O) groups excluding carboxylic acids is 2. The van der Waals surface area contributed by atoms with Crippen LogP contribution in [-0.4, -0.2) is 25.3 Å². The zero-order chi connectivity index (χ0) is 16.0. The fourth-order valence-corrected chi connectivity index (χ4v) is 1.44. The Morgan fingerprint density at radius 3 is 2.52 bits per heavy atom. The van der Waals surface area contributed by atoms with Crippen molar-refractivity contribution < 1.29 is 32.2 Å². The number of amides is 1. The van der Waals surface area contributed by atoms with Crippen LogP contribution >= 0.6 is 11.6 Å². The highest BCUT2D eigenvalue weighted by Crippen LogP contribution is 2.33. The summed E-state index contributed by atoms with van der Waals surface area (Å²) < 4.78 is 46.6. The fourth-order valence-electron chi connectivity index (χ4n) is 1.27. The van der Waals surface area contributed by atoms with Gasteiger partial charge in [0.1, 0.15) is 0 Å². The van der Waals surface area contributed by atoms with Crippen LogP contribution in [0.15, 0.2) is 18.2 Å². The molecule has 0 saturated carbocycles. The van der Waals surface area contributed by atoms with E-state index >= 15 is 0 Å². The van der Waals surface area contributed by atoms with Gasteiger partial charge in [0.2, 0.25) is 0 Å². The Kier molecular flexibility index (Phi) is 5.83. The molecule has 0 bridgehead atoms. The second kappa shape index (κ2) is 7.16. The molecule has 0 aromatic heterocycles. The third kappa shape index (κ3) is 5.50. The van der Waals surface area contributed by atoms with E-state index in [4.69, 9.17) is 11.6 Å². The van der Waals surface area contributed by atoms with Gasteiger partial charge in [-0.25, -0.2) is 9.59 Å². The number of halogens is 4. The number of alkyl halides is 3. The summed E-state index contributed by atoms with van der Waals surface area (Å²) in [5.74, 6) is -0.775. The van der Waals surface area contributed by atoms with Gasteiger partial charge in [-0.05, 0) is 25.1 Å². The molecular formula is C12H11ClF3NO4. The zero-order valence-electron chi connectivity index (χ0n) is 10.8. The van der Waals surface area contributed by atoms with Crippen LogP contribution in [0.2, 0.25) is 5.02 Å². The highest BCUT2D eigenvalue weighted by molar-refractivity contribution is 6.33. The molecule has 9 heteroatoms. The average Bonchev–Trinajstić information content (AvgIpc) is 2.38. The molecule has 0 aliphatic carbocycles. The van der Waals surface area contributed by atoms with E-state index in [1.165, 1.54) is 0 Å².